The molecular weight excluding hydrogens is 430 g/mol. The Morgan fingerprint density at radius 3 is 2.42 bits per heavy atom. The lowest BCUT2D eigenvalue weighted by Gasteiger charge is -2.24. The molecule has 1 aromatic heterocycles. The summed E-state index contributed by atoms with van der Waals surface area (Å²) in [6.45, 7) is 12.1. The lowest BCUT2D eigenvalue weighted by molar-refractivity contribution is -0.118. The number of aromatic nitrogens is 1. The number of ether oxygens (including phenoxy) is 1. The van der Waals surface area contributed by atoms with Crippen molar-refractivity contribution < 1.29 is 9.53 Å². The Balaban J connectivity index is 1.86. The molecule has 1 heterocycles. The van der Waals surface area contributed by atoms with Crippen molar-refractivity contribution in [2.45, 2.75) is 34.1 Å². The molecule has 0 saturated heterocycles. The summed E-state index contributed by atoms with van der Waals surface area (Å²) in [7, 11) is 0. The van der Waals surface area contributed by atoms with Crippen molar-refractivity contribution in [1.29, 1.82) is 0 Å². The van der Waals surface area contributed by atoms with E-state index in [1.54, 1.807) is 0 Å². The molecule has 0 bridgehead atoms. The first-order valence-electron chi connectivity index (χ1n) is 10.8. The van der Waals surface area contributed by atoms with Crippen LogP contribution in [0.15, 0.2) is 36.4 Å². The fourth-order valence-electron chi connectivity index (χ4n) is 3.45. The third-order valence-electron chi connectivity index (χ3n) is 5.39. The van der Waals surface area contributed by atoms with E-state index in [1.165, 1.54) is 11.3 Å². The summed E-state index contributed by atoms with van der Waals surface area (Å²) < 4.78 is 6.55. The lowest BCUT2D eigenvalue weighted by atomic mass is 10.1. The topological polar surface area (TPSA) is 45.7 Å². The SMILES string of the molecule is CCOc1ccc(CC(=O)N(CCN(CC)CC)c2nc3c(C)c(Cl)ccc3s2)cc1. The smallest absolute Gasteiger partial charge is 0.233 e. The van der Waals surface area contributed by atoms with Crippen LogP contribution in [0, 0.1) is 6.92 Å². The minimum Gasteiger partial charge on any atom is -0.494 e. The Bertz CT molecular complexity index is 1020. The van der Waals surface area contributed by atoms with Gasteiger partial charge in [0, 0.05) is 18.1 Å². The number of rotatable bonds is 10. The van der Waals surface area contributed by atoms with Crippen LogP contribution in [0.25, 0.3) is 10.2 Å². The van der Waals surface area contributed by atoms with E-state index < -0.39 is 0 Å². The van der Waals surface area contributed by atoms with Gasteiger partial charge in [-0.1, -0.05) is 48.9 Å². The lowest BCUT2D eigenvalue weighted by Crippen LogP contribution is -2.39. The molecule has 5 nitrogen and oxygen atoms in total. The zero-order valence-electron chi connectivity index (χ0n) is 18.7. The molecule has 0 N–H and O–H groups in total. The van der Waals surface area contributed by atoms with Gasteiger partial charge < -0.3 is 9.64 Å². The zero-order valence-corrected chi connectivity index (χ0v) is 20.2. The van der Waals surface area contributed by atoms with Gasteiger partial charge in [-0.25, -0.2) is 4.98 Å². The van der Waals surface area contributed by atoms with Crippen molar-refractivity contribution >= 4 is 44.2 Å². The Kier molecular flexibility index (Phi) is 8.29. The van der Waals surface area contributed by atoms with E-state index in [9.17, 15) is 4.79 Å². The molecule has 0 aliphatic carbocycles. The van der Waals surface area contributed by atoms with Crippen LogP contribution in [0.3, 0.4) is 0 Å². The van der Waals surface area contributed by atoms with Crippen LogP contribution in [-0.2, 0) is 11.2 Å². The van der Waals surface area contributed by atoms with Gasteiger partial charge >= 0.3 is 0 Å². The number of aryl methyl sites for hydroxylation is 1. The second-order valence-electron chi connectivity index (χ2n) is 7.34. The molecule has 0 saturated carbocycles. The van der Waals surface area contributed by atoms with Gasteiger partial charge in [-0.3, -0.25) is 9.69 Å². The third kappa shape index (κ3) is 5.76. The minimum atomic E-state index is 0.0409. The predicted octanol–water partition coefficient (Wildman–Crippen LogP) is 5.57. The molecule has 0 atom stereocenters. The number of carbonyl (C=O) groups is 1. The summed E-state index contributed by atoms with van der Waals surface area (Å²) >= 11 is 7.83. The summed E-state index contributed by atoms with van der Waals surface area (Å²) in [6, 6.07) is 11.6. The molecule has 0 radical (unpaired) electrons. The third-order valence-corrected chi connectivity index (χ3v) is 6.85. The quantitative estimate of drug-likeness (QED) is 0.397. The fraction of sp³-hybridized carbons (Fsp3) is 0.417. The summed E-state index contributed by atoms with van der Waals surface area (Å²) in [6.07, 6.45) is 0.320. The Labute approximate surface area is 193 Å². The maximum Gasteiger partial charge on any atom is 0.233 e. The van der Waals surface area contributed by atoms with Crippen molar-refractivity contribution in [3.05, 3.63) is 52.5 Å². The standard InChI is InChI=1S/C24H30ClN3O2S/c1-5-27(6-2)14-15-28(22(29)16-18-8-10-19(11-9-18)30-7-3)24-26-23-17(4)20(25)12-13-21(23)31-24/h8-13H,5-7,14-16H2,1-4H3. The van der Waals surface area contributed by atoms with Gasteiger partial charge in [0.1, 0.15) is 5.75 Å². The number of carbonyl (C=O) groups excluding carboxylic acids is 1. The van der Waals surface area contributed by atoms with Gasteiger partial charge in [0.05, 0.1) is 23.2 Å². The van der Waals surface area contributed by atoms with E-state index in [2.05, 4.69) is 18.7 Å². The van der Waals surface area contributed by atoms with Gasteiger partial charge in [-0.05, 0) is 62.3 Å². The summed E-state index contributed by atoms with van der Waals surface area (Å²) in [4.78, 5) is 22.3. The maximum atomic E-state index is 13.4. The van der Waals surface area contributed by atoms with Crippen molar-refractivity contribution in [3.8, 4) is 5.75 Å². The fourth-order valence-corrected chi connectivity index (χ4v) is 4.67. The number of halogens is 1. The molecule has 2 aromatic carbocycles. The van der Waals surface area contributed by atoms with Crippen molar-refractivity contribution in [1.82, 2.24) is 9.88 Å². The molecule has 3 rings (SSSR count). The molecule has 166 valence electrons. The van der Waals surface area contributed by atoms with Gasteiger partial charge in [-0.2, -0.15) is 0 Å². The molecule has 1 amide bonds. The number of hydrogen-bond acceptors (Lipinski definition) is 5. The summed E-state index contributed by atoms with van der Waals surface area (Å²) in [5.74, 6) is 0.856. The average molecular weight is 460 g/mol. The number of thiazole rings is 1. The Morgan fingerprint density at radius 1 is 1.06 bits per heavy atom. The first-order chi connectivity index (χ1) is 15.0. The highest BCUT2D eigenvalue weighted by molar-refractivity contribution is 7.22. The molecule has 0 spiro atoms. The van der Waals surface area contributed by atoms with Crippen LogP contribution < -0.4 is 9.64 Å². The molecular formula is C24H30ClN3O2S. The predicted molar refractivity (Wildman–Crippen MR) is 131 cm³/mol. The van der Waals surface area contributed by atoms with Gasteiger partial charge in [-0.15, -0.1) is 0 Å². The molecule has 0 unspecified atom stereocenters. The first-order valence-corrected chi connectivity index (χ1v) is 12.0. The Hall–Kier alpha value is -2.15. The van der Waals surface area contributed by atoms with Gasteiger partial charge in [0.2, 0.25) is 5.91 Å². The number of likely N-dealkylation sites (N-methyl/N-ethyl adjacent to an activating group) is 1. The highest BCUT2D eigenvalue weighted by Gasteiger charge is 2.21. The summed E-state index contributed by atoms with van der Waals surface area (Å²) in [5, 5.41) is 1.42. The van der Waals surface area contributed by atoms with Crippen LogP contribution in [-0.4, -0.2) is 48.6 Å². The van der Waals surface area contributed by atoms with Crippen LogP contribution in [0.1, 0.15) is 31.9 Å². The van der Waals surface area contributed by atoms with Crippen molar-refractivity contribution in [3.63, 3.8) is 0 Å². The van der Waals surface area contributed by atoms with E-state index in [1.807, 2.05) is 55.1 Å². The molecule has 3 aromatic rings. The van der Waals surface area contributed by atoms with E-state index in [4.69, 9.17) is 21.3 Å². The monoisotopic (exact) mass is 459 g/mol. The number of amides is 1. The highest BCUT2D eigenvalue weighted by Crippen LogP contribution is 2.33. The number of hydrogen-bond donors (Lipinski definition) is 0. The number of anilines is 1. The van der Waals surface area contributed by atoms with Gasteiger partial charge in [0.25, 0.3) is 0 Å². The van der Waals surface area contributed by atoms with E-state index in [0.29, 0.717) is 24.6 Å². The molecule has 0 fully saturated rings. The normalized spacial score (nSPS) is 11.3. The second kappa shape index (κ2) is 10.9. The van der Waals surface area contributed by atoms with Crippen LogP contribution in [0.5, 0.6) is 5.75 Å². The average Bonchev–Trinajstić information content (AvgIpc) is 3.20. The molecule has 0 aliphatic rings. The van der Waals surface area contributed by atoms with Crippen LogP contribution in [0.2, 0.25) is 5.02 Å². The number of fused-ring (bicyclic) bond motifs is 1. The molecule has 0 aliphatic heterocycles. The second-order valence-corrected chi connectivity index (χ2v) is 8.76. The zero-order chi connectivity index (χ0) is 22.4. The van der Waals surface area contributed by atoms with Gasteiger partial charge in [0.15, 0.2) is 5.13 Å². The summed E-state index contributed by atoms with van der Waals surface area (Å²) in [5.41, 5.74) is 2.78. The molecule has 31 heavy (non-hydrogen) atoms. The Morgan fingerprint density at radius 2 is 1.77 bits per heavy atom. The number of benzene rings is 2. The number of nitrogens with zero attached hydrogens (tertiary/aromatic N) is 3. The van der Waals surface area contributed by atoms with Crippen molar-refractivity contribution in [2.75, 3.05) is 37.7 Å². The molecule has 7 heteroatoms. The van der Waals surface area contributed by atoms with Crippen LogP contribution in [0.4, 0.5) is 5.13 Å². The highest BCUT2D eigenvalue weighted by atomic mass is 35.5. The van der Waals surface area contributed by atoms with E-state index >= 15 is 0 Å². The minimum absolute atomic E-state index is 0.0409. The maximum absolute atomic E-state index is 13.4. The van der Waals surface area contributed by atoms with E-state index in [0.717, 1.165) is 51.9 Å². The van der Waals surface area contributed by atoms with E-state index in [-0.39, 0.29) is 5.91 Å². The van der Waals surface area contributed by atoms with Crippen molar-refractivity contribution in [2.24, 2.45) is 0 Å². The van der Waals surface area contributed by atoms with Crippen LogP contribution >= 0.6 is 22.9 Å². The largest absolute Gasteiger partial charge is 0.494 e. The first kappa shape index (κ1) is 23.5.